The summed E-state index contributed by atoms with van der Waals surface area (Å²) < 4.78 is 0. The van der Waals surface area contributed by atoms with Gasteiger partial charge in [-0.1, -0.05) is 43.5 Å². The third-order valence-electron chi connectivity index (χ3n) is 3.64. The van der Waals surface area contributed by atoms with Crippen molar-refractivity contribution in [3.8, 4) is 0 Å². The van der Waals surface area contributed by atoms with Gasteiger partial charge in [-0.2, -0.15) is 0 Å². The molecule has 1 aromatic carbocycles. The number of aromatic nitrogens is 1. The number of hydrogen-bond donors (Lipinski definition) is 0. The van der Waals surface area contributed by atoms with Crippen molar-refractivity contribution in [1.29, 1.82) is 0 Å². The second kappa shape index (κ2) is 4.28. The second-order valence-corrected chi connectivity index (χ2v) is 4.80. The van der Waals surface area contributed by atoms with Crippen LogP contribution in [0.4, 0.5) is 0 Å². The summed E-state index contributed by atoms with van der Waals surface area (Å²) in [6, 6.07) is 9.91. The first-order chi connectivity index (χ1) is 8.34. The van der Waals surface area contributed by atoms with Crippen molar-refractivity contribution < 1.29 is 4.79 Å². The van der Waals surface area contributed by atoms with Gasteiger partial charge in [0, 0.05) is 18.0 Å². The van der Waals surface area contributed by atoms with Crippen LogP contribution in [-0.4, -0.2) is 10.8 Å². The molecule has 0 spiro atoms. The first-order valence-electron chi connectivity index (χ1n) is 6.21. The Kier molecular flexibility index (Phi) is 2.63. The SMILES string of the molecule is O=C(CC1CCC1)c1nccc2ccccc12. The fourth-order valence-electron chi connectivity index (χ4n) is 2.40. The van der Waals surface area contributed by atoms with Gasteiger partial charge in [0.15, 0.2) is 5.78 Å². The normalized spacial score (nSPS) is 15.8. The molecule has 0 N–H and O–H groups in total. The number of hydrogen-bond acceptors (Lipinski definition) is 2. The van der Waals surface area contributed by atoms with E-state index in [2.05, 4.69) is 4.98 Å². The summed E-state index contributed by atoms with van der Waals surface area (Å²) in [5, 5.41) is 2.08. The molecule has 1 fully saturated rings. The van der Waals surface area contributed by atoms with Gasteiger partial charge in [-0.15, -0.1) is 0 Å². The van der Waals surface area contributed by atoms with Gasteiger partial charge in [0.1, 0.15) is 5.69 Å². The number of ketones is 1. The maximum absolute atomic E-state index is 12.2. The van der Waals surface area contributed by atoms with E-state index in [-0.39, 0.29) is 5.78 Å². The van der Waals surface area contributed by atoms with Crippen LogP contribution in [0.5, 0.6) is 0 Å². The maximum atomic E-state index is 12.2. The Labute approximate surface area is 101 Å². The predicted molar refractivity (Wildman–Crippen MR) is 68.0 cm³/mol. The highest BCUT2D eigenvalue weighted by Gasteiger charge is 2.22. The molecule has 1 aliphatic rings. The van der Waals surface area contributed by atoms with Crippen LogP contribution in [0.1, 0.15) is 36.2 Å². The second-order valence-electron chi connectivity index (χ2n) is 4.80. The molecule has 2 nitrogen and oxygen atoms in total. The minimum Gasteiger partial charge on any atom is -0.292 e. The summed E-state index contributed by atoms with van der Waals surface area (Å²) in [5.41, 5.74) is 0.648. The molecule has 0 amide bonds. The van der Waals surface area contributed by atoms with Gasteiger partial charge < -0.3 is 0 Å². The molecule has 86 valence electrons. The van der Waals surface area contributed by atoms with Crippen molar-refractivity contribution in [2.45, 2.75) is 25.7 Å². The average molecular weight is 225 g/mol. The molecule has 2 heteroatoms. The van der Waals surface area contributed by atoms with Crippen molar-refractivity contribution in [3.63, 3.8) is 0 Å². The fraction of sp³-hybridized carbons (Fsp3) is 0.333. The van der Waals surface area contributed by atoms with E-state index in [0.29, 0.717) is 18.0 Å². The van der Waals surface area contributed by atoms with Crippen LogP contribution in [0.25, 0.3) is 10.8 Å². The molecular weight excluding hydrogens is 210 g/mol. The van der Waals surface area contributed by atoms with Gasteiger partial charge in [-0.3, -0.25) is 9.78 Å². The Bertz CT molecular complexity index is 552. The Morgan fingerprint density at radius 3 is 2.82 bits per heavy atom. The molecule has 17 heavy (non-hydrogen) atoms. The smallest absolute Gasteiger partial charge is 0.182 e. The summed E-state index contributed by atoms with van der Waals surface area (Å²) in [6.07, 6.45) is 6.09. The number of carbonyl (C=O) groups is 1. The van der Waals surface area contributed by atoms with Crippen LogP contribution in [0.2, 0.25) is 0 Å². The van der Waals surface area contributed by atoms with Gasteiger partial charge >= 0.3 is 0 Å². The van der Waals surface area contributed by atoms with Crippen molar-refractivity contribution in [1.82, 2.24) is 4.98 Å². The third kappa shape index (κ3) is 1.95. The van der Waals surface area contributed by atoms with E-state index in [4.69, 9.17) is 0 Å². The van der Waals surface area contributed by atoms with E-state index in [0.717, 1.165) is 10.8 Å². The molecule has 0 saturated heterocycles. The van der Waals surface area contributed by atoms with Crippen molar-refractivity contribution in [2.24, 2.45) is 5.92 Å². The van der Waals surface area contributed by atoms with Crippen LogP contribution >= 0.6 is 0 Å². The average Bonchev–Trinajstić information content (AvgIpc) is 2.33. The molecule has 0 aliphatic heterocycles. The molecule has 2 aromatic rings. The van der Waals surface area contributed by atoms with Gasteiger partial charge in [0.25, 0.3) is 0 Å². The van der Waals surface area contributed by atoms with E-state index in [9.17, 15) is 4.79 Å². The Morgan fingerprint density at radius 2 is 2.06 bits per heavy atom. The number of Topliss-reactive ketones (excluding diaryl/α,β-unsaturated/α-hetero) is 1. The van der Waals surface area contributed by atoms with E-state index in [1.807, 2.05) is 30.3 Å². The molecule has 0 radical (unpaired) electrons. The first kappa shape index (κ1) is 10.5. The number of benzene rings is 1. The zero-order chi connectivity index (χ0) is 11.7. The highest BCUT2D eigenvalue weighted by molar-refractivity contribution is 6.06. The summed E-state index contributed by atoms with van der Waals surface area (Å²) in [7, 11) is 0. The minimum atomic E-state index is 0.200. The molecule has 1 heterocycles. The third-order valence-corrected chi connectivity index (χ3v) is 3.64. The lowest BCUT2D eigenvalue weighted by Crippen LogP contribution is -2.16. The maximum Gasteiger partial charge on any atom is 0.182 e. The van der Waals surface area contributed by atoms with Crippen molar-refractivity contribution >= 4 is 16.6 Å². The molecule has 1 aliphatic carbocycles. The molecule has 1 aromatic heterocycles. The summed E-state index contributed by atoms with van der Waals surface area (Å²) in [4.78, 5) is 16.5. The van der Waals surface area contributed by atoms with E-state index < -0.39 is 0 Å². The fourth-order valence-corrected chi connectivity index (χ4v) is 2.40. The van der Waals surface area contributed by atoms with Crippen LogP contribution < -0.4 is 0 Å². The molecule has 3 rings (SSSR count). The highest BCUT2D eigenvalue weighted by atomic mass is 16.1. The predicted octanol–water partition coefficient (Wildman–Crippen LogP) is 3.61. The van der Waals surface area contributed by atoms with Crippen molar-refractivity contribution in [3.05, 3.63) is 42.2 Å². The zero-order valence-electron chi connectivity index (χ0n) is 9.73. The molecule has 1 saturated carbocycles. The number of pyridine rings is 1. The topological polar surface area (TPSA) is 30.0 Å². The molecule has 0 unspecified atom stereocenters. The highest BCUT2D eigenvalue weighted by Crippen LogP contribution is 2.31. The number of rotatable bonds is 3. The quantitative estimate of drug-likeness (QED) is 0.747. The molecule has 0 atom stereocenters. The van der Waals surface area contributed by atoms with Gasteiger partial charge in [0.2, 0.25) is 0 Å². The van der Waals surface area contributed by atoms with E-state index in [1.165, 1.54) is 19.3 Å². The van der Waals surface area contributed by atoms with Crippen LogP contribution in [0, 0.1) is 5.92 Å². The monoisotopic (exact) mass is 225 g/mol. The van der Waals surface area contributed by atoms with Crippen molar-refractivity contribution in [2.75, 3.05) is 0 Å². The minimum absolute atomic E-state index is 0.200. The Hall–Kier alpha value is -1.70. The largest absolute Gasteiger partial charge is 0.292 e. The standard InChI is InChI=1S/C15H15NO/c17-14(10-11-4-3-5-11)15-13-7-2-1-6-12(13)8-9-16-15/h1-2,6-9,11H,3-5,10H2. The summed E-state index contributed by atoms with van der Waals surface area (Å²) in [5.74, 6) is 0.801. The first-order valence-corrected chi connectivity index (χ1v) is 6.21. The van der Waals surface area contributed by atoms with Gasteiger partial charge in [-0.25, -0.2) is 0 Å². The summed E-state index contributed by atoms with van der Waals surface area (Å²) in [6.45, 7) is 0. The lowest BCUT2D eigenvalue weighted by atomic mass is 9.81. The molecular formula is C15H15NO. The number of carbonyl (C=O) groups excluding carboxylic acids is 1. The lowest BCUT2D eigenvalue weighted by molar-refractivity contribution is 0.0933. The van der Waals surface area contributed by atoms with Crippen LogP contribution in [0.15, 0.2) is 36.5 Å². The van der Waals surface area contributed by atoms with E-state index >= 15 is 0 Å². The van der Waals surface area contributed by atoms with Crippen LogP contribution in [-0.2, 0) is 0 Å². The number of fused-ring (bicyclic) bond motifs is 1. The lowest BCUT2D eigenvalue weighted by Gasteiger charge is -2.24. The van der Waals surface area contributed by atoms with E-state index in [1.54, 1.807) is 6.20 Å². The zero-order valence-corrected chi connectivity index (χ0v) is 9.73. The van der Waals surface area contributed by atoms with Gasteiger partial charge in [0.05, 0.1) is 0 Å². The van der Waals surface area contributed by atoms with Crippen LogP contribution in [0.3, 0.4) is 0 Å². The Balaban J connectivity index is 1.95. The molecule has 0 bridgehead atoms. The summed E-state index contributed by atoms with van der Waals surface area (Å²) >= 11 is 0. The Morgan fingerprint density at radius 1 is 1.24 bits per heavy atom. The van der Waals surface area contributed by atoms with Gasteiger partial charge in [-0.05, 0) is 17.4 Å². The number of nitrogens with zero attached hydrogens (tertiary/aromatic N) is 1.